The second-order valence-electron chi connectivity index (χ2n) is 5.02. The van der Waals surface area contributed by atoms with Gasteiger partial charge in [0.25, 0.3) is 0 Å². The third-order valence-corrected chi connectivity index (χ3v) is 4.54. The number of sulfonamides is 1. The Labute approximate surface area is 117 Å². The third-order valence-electron chi connectivity index (χ3n) is 2.89. The molecule has 0 fully saturated rings. The van der Waals surface area contributed by atoms with Gasteiger partial charge in [0, 0.05) is 13.6 Å². The second-order valence-corrected chi connectivity index (χ2v) is 6.72. The molecule has 0 bridgehead atoms. The van der Waals surface area contributed by atoms with Crippen LogP contribution >= 0.6 is 0 Å². The number of carbonyl (C=O) groups is 1. The molecule has 0 aromatic carbocycles. The summed E-state index contributed by atoms with van der Waals surface area (Å²) in [7, 11) is -2.23. The lowest BCUT2D eigenvalue weighted by molar-refractivity contribution is -0.141. The zero-order valence-electron chi connectivity index (χ0n) is 11.8. The van der Waals surface area contributed by atoms with Gasteiger partial charge < -0.3 is 10.2 Å². The standard InChI is InChI=1S/C11H19N3O5S/c1-7-10(8(2)14(4)13-7)20(18,19)12-6-11(3,17)5-9(15)16/h12,17H,5-6H2,1-4H3,(H,15,16). The molecule has 3 N–H and O–H groups in total. The Balaban J connectivity index is 2.94. The van der Waals surface area contributed by atoms with E-state index in [1.807, 2.05) is 0 Å². The molecule has 0 amide bonds. The molecule has 20 heavy (non-hydrogen) atoms. The number of nitrogens with one attached hydrogen (secondary N) is 1. The van der Waals surface area contributed by atoms with Crippen LogP contribution in [0.3, 0.4) is 0 Å². The summed E-state index contributed by atoms with van der Waals surface area (Å²) in [6, 6.07) is 0. The van der Waals surface area contributed by atoms with Crippen molar-refractivity contribution in [3.05, 3.63) is 11.4 Å². The highest BCUT2D eigenvalue weighted by Crippen LogP contribution is 2.19. The number of aliphatic hydroxyl groups is 1. The highest BCUT2D eigenvalue weighted by atomic mass is 32.2. The molecule has 114 valence electrons. The van der Waals surface area contributed by atoms with E-state index < -0.39 is 34.6 Å². The maximum Gasteiger partial charge on any atom is 0.306 e. The van der Waals surface area contributed by atoms with Gasteiger partial charge in [-0.25, -0.2) is 13.1 Å². The summed E-state index contributed by atoms with van der Waals surface area (Å²) in [5, 5.41) is 22.5. The van der Waals surface area contributed by atoms with Gasteiger partial charge in [-0.3, -0.25) is 9.48 Å². The van der Waals surface area contributed by atoms with Gasteiger partial charge in [-0.15, -0.1) is 0 Å². The molecule has 0 radical (unpaired) electrons. The Morgan fingerprint density at radius 3 is 2.40 bits per heavy atom. The van der Waals surface area contributed by atoms with Crippen LogP contribution < -0.4 is 4.72 Å². The zero-order valence-corrected chi connectivity index (χ0v) is 12.7. The number of carboxylic acids is 1. The van der Waals surface area contributed by atoms with Gasteiger partial charge in [0.1, 0.15) is 4.90 Å². The number of hydrogen-bond donors (Lipinski definition) is 3. The highest BCUT2D eigenvalue weighted by molar-refractivity contribution is 7.89. The molecular weight excluding hydrogens is 286 g/mol. The highest BCUT2D eigenvalue weighted by Gasteiger charge is 2.29. The molecule has 8 nitrogen and oxygen atoms in total. The van der Waals surface area contributed by atoms with E-state index in [0.717, 1.165) is 0 Å². The van der Waals surface area contributed by atoms with E-state index in [0.29, 0.717) is 11.4 Å². The number of rotatable bonds is 6. The lowest BCUT2D eigenvalue weighted by atomic mass is 10.0. The van der Waals surface area contributed by atoms with Crippen molar-refractivity contribution in [2.24, 2.45) is 7.05 Å². The lowest BCUT2D eigenvalue weighted by Crippen LogP contribution is -2.42. The van der Waals surface area contributed by atoms with E-state index in [1.165, 1.54) is 11.6 Å². The summed E-state index contributed by atoms with van der Waals surface area (Å²) in [5.74, 6) is -1.21. The van der Waals surface area contributed by atoms with Crippen LogP contribution in [0.4, 0.5) is 0 Å². The first-order valence-corrected chi connectivity index (χ1v) is 7.38. The predicted octanol–water partition coefficient (Wildman–Crippen LogP) is -0.459. The first-order valence-electron chi connectivity index (χ1n) is 5.90. The van der Waals surface area contributed by atoms with Gasteiger partial charge in [0.15, 0.2) is 0 Å². The summed E-state index contributed by atoms with van der Waals surface area (Å²) < 4.78 is 28.1. The lowest BCUT2D eigenvalue weighted by Gasteiger charge is -2.21. The van der Waals surface area contributed by atoms with Gasteiger partial charge in [-0.2, -0.15) is 5.10 Å². The molecule has 1 atom stereocenters. The van der Waals surface area contributed by atoms with Gasteiger partial charge in [0.2, 0.25) is 10.0 Å². The van der Waals surface area contributed by atoms with Crippen LogP contribution in [-0.4, -0.2) is 46.5 Å². The maximum absolute atomic E-state index is 12.2. The molecule has 1 aromatic heterocycles. The van der Waals surface area contributed by atoms with Crippen LogP contribution in [0.1, 0.15) is 24.7 Å². The van der Waals surface area contributed by atoms with E-state index in [1.54, 1.807) is 20.9 Å². The van der Waals surface area contributed by atoms with Crippen LogP contribution in [0.2, 0.25) is 0 Å². The Morgan fingerprint density at radius 1 is 1.45 bits per heavy atom. The number of aryl methyl sites for hydroxylation is 2. The fourth-order valence-corrected chi connectivity index (χ4v) is 3.45. The monoisotopic (exact) mass is 305 g/mol. The van der Waals surface area contributed by atoms with Gasteiger partial charge in [-0.1, -0.05) is 0 Å². The van der Waals surface area contributed by atoms with Crippen LogP contribution in [-0.2, 0) is 21.9 Å². The van der Waals surface area contributed by atoms with Crippen molar-refractivity contribution in [2.45, 2.75) is 37.7 Å². The Morgan fingerprint density at radius 2 is 2.00 bits per heavy atom. The molecule has 1 aromatic rings. The Hall–Kier alpha value is -1.45. The van der Waals surface area contributed by atoms with E-state index in [4.69, 9.17) is 5.11 Å². The average molecular weight is 305 g/mol. The molecular formula is C11H19N3O5S. The predicted molar refractivity (Wildman–Crippen MR) is 70.7 cm³/mol. The minimum Gasteiger partial charge on any atom is -0.481 e. The van der Waals surface area contributed by atoms with Crippen molar-refractivity contribution >= 4 is 16.0 Å². The minimum atomic E-state index is -3.86. The molecule has 1 rings (SSSR count). The topological polar surface area (TPSA) is 122 Å². The molecule has 0 aliphatic carbocycles. The van der Waals surface area contributed by atoms with Crippen LogP contribution in [0.25, 0.3) is 0 Å². The number of hydrogen-bond acceptors (Lipinski definition) is 5. The van der Waals surface area contributed by atoms with Crippen molar-refractivity contribution in [1.82, 2.24) is 14.5 Å². The second kappa shape index (κ2) is 5.51. The third kappa shape index (κ3) is 3.78. The van der Waals surface area contributed by atoms with Crippen molar-refractivity contribution in [3.8, 4) is 0 Å². The quantitative estimate of drug-likeness (QED) is 0.654. The molecule has 1 heterocycles. The molecule has 0 aliphatic heterocycles. The SMILES string of the molecule is Cc1nn(C)c(C)c1S(=O)(=O)NCC(C)(O)CC(=O)O. The van der Waals surface area contributed by atoms with Gasteiger partial charge in [-0.05, 0) is 20.8 Å². The maximum atomic E-state index is 12.2. The molecule has 9 heteroatoms. The summed E-state index contributed by atoms with van der Waals surface area (Å²) in [5.41, 5.74) is -0.855. The van der Waals surface area contributed by atoms with Crippen LogP contribution in [0.15, 0.2) is 4.90 Å². The molecule has 1 unspecified atom stereocenters. The molecule has 0 saturated heterocycles. The van der Waals surface area contributed by atoms with E-state index >= 15 is 0 Å². The van der Waals surface area contributed by atoms with Crippen molar-refractivity contribution in [1.29, 1.82) is 0 Å². The largest absolute Gasteiger partial charge is 0.481 e. The molecule has 0 aliphatic rings. The van der Waals surface area contributed by atoms with E-state index in [-0.39, 0.29) is 4.90 Å². The molecule has 0 saturated carbocycles. The minimum absolute atomic E-state index is 0.0473. The Bertz CT molecular complexity index is 618. The fourth-order valence-electron chi connectivity index (χ4n) is 1.85. The van der Waals surface area contributed by atoms with Crippen molar-refractivity contribution in [2.75, 3.05) is 6.54 Å². The van der Waals surface area contributed by atoms with Gasteiger partial charge >= 0.3 is 5.97 Å². The van der Waals surface area contributed by atoms with Crippen molar-refractivity contribution < 1.29 is 23.4 Å². The normalized spacial score (nSPS) is 15.1. The first kappa shape index (κ1) is 16.6. The summed E-state index contributed by atoms with van der Waals surface area (Å²) >= 11 is 0. The molecule has 0 spiro atoms. The summed E-state index contributed by atoms with van der Waals surface area (Å²) in [6.07, 6.45) is -0.555. The number of aliphatic carboxylic acids is 1. The van der Waals surface area contributed by atoms with E-state index in [9.17, 15) is 18.3 Å². The summed E-state index contributed by atoms with van der Waals surface area (Å²) in [6.45, 7) is 4.04. The zero-order chi connectivity index (χ0) is 15.7. The van der Waals surface area contributed by atoms with Crippen LogP contribution in [0.5, 0.6) is 0 Å². The van der Waals surface area contributed by atoms with Crippen LogP contribution in [0, 0.1) is 13.8 Å². The number of aromatic nitrogens is 2. The van der Waals surface area contributed by atoms with E-state index in [2.05, 4.69) is 9.82 Å². The smallest absolute Gasteiger partial charge is 0.306 e. The fraction of sp³-hybridized carbons (Fsp3) is 0.636. The number of nitrogens with zero attached hydrogens (tertiary/aromatic N) is 2. The first-order chi connectivity index (χ1) is 8.96. The average Bonchev–Trinajstić information content (AvgIpc) is 2.49. The number of carboxylic acid groups (broad SMARTS) is 1. The van der Waals surface area contributed by atoms with Crippen molar-refractivity contribution in [3.63, 3.8) is 0 Å². The Kier molecular flexibility index (Phi) is 4.57. The summed E-state index contributed by atoms with van der Waals surface area (Å²) in [4.78, 5) is 10.6. The van der Waals surface area contributed by atoms with Gasteiger partial charge in [0.05, 0.1) is 23.4 Å².